The Kier molecular flexibility index (Phi) is 10.3. The van der Waals surface area contributed by atoms with Crippen LogP contribution in [0.3, 0.4) is 0 Å². The second kappa shape index (κ2) is 12.1. The van der Waals surface area contributed by atoms with Crippen molar-refractivity contribution in [3.05, 3.63) is 106 Å². The molecule has 6 heteroatoms. The zero-order valence-corrected chi connectivity index (χ0v) is 19.3. The highest BCUT2D eigenvalue weighted by atomic mass is 35.5. The topological polar surface area (TPSA) is 99.7 Å². The van der Waals surface area contributed by atoms with Crippen LogP contribution >= 0.6 is 24.8 Å². The highest BCUT2D eigenvalue weighted by Crippen LogP contribution is 2.16. The summed E-state index contributed by atoms with van der Waals surface area (Å²) in [6, 6.07) is 22.7. The molecule has 0 saturated carbocycles. The molecule has 0 bridgehead atoms. The van der Waals surface area contributed by atoms with Crippen LogP contribution in [0.15, 0.2) is 66.7 Å². The molecule has 164 valence electrons. The van der Waals surface area contributed by atoms with E-state index < -0.39 is 0 Å². The van der Waals surface area contributed by atoms with E-state index in [1.54, 1.807) is 0 Å². The molecule has 0 aliphatic rings. The van der Waals surface area contributed by atoms with Crippen LogP contribution in [0.1, 0.15) is 38.9 Å². The quantitative estimate of drug-likeness (QED) is 0.283. The lowest BCUT2D eigenvalue weighted by Gasteiger charge is -2.09. The van der Waals surface area contributed by atoms with Gasteiger partial charge in [-0.1, -0.05) is 72.3 Å². The zero-order chi connectivity index (χ0) is 20.8. The number of benzene rings is 3. The largest absolute Gasteiger partial charge is 0.384 e. The van der Waals surface area contributed by atoms with Gasteiger partial charge in [0.05, 0.1) is 0 Å². The number of nitrogens with one attached hydrogen (secondary N) is 2. The van der Waals surface area contributed by atoms with Crippen LogP contribution in [0.2, 0.25) is 0 Å². The Morgan fingerprint density at radius 3 is 1.23 bits per heavy atom. The van der Waals surface area contributed by atoms with Gasteiger partial charge in [0.25, 0.3) is 0 Å². The number of hydrogen-bond acceptors (Lipinski definition) is 2. The van der Waals surface area contributed by atoms with Gasteiger partial charge in [-0.15, -0.1) is 24.8 Å². The first kappa shape index (κ1) is 26.2. The first-order valence-corrected chi connectivity index (χ1v) is 9.87. The van der Waals surface area contributed by atoms with E-state index in [1.807, 2.05) is 24.3 Å². The van der Waals surface area contributed by atoms with E-state index in [4.69, 9.17) is 22.3 Å². The van der Waals surface area contributed by atoms with Gasteiger partial charge in [-0.05, 0) is 54.9 Å². The van der Waals surface area contributed by atoms with E-state index >= 15 is 0 Å². The number of hydrogen-bond donors (Lipinski definition) is 4. The van der Waals surface area contributed by atoms with E-state index in [1.165, 1.54) is 27.8 Å². The molecule has 0 aliphatic carbocycles. The molecule has 0 unspecified atom stereocenters. The van der Waals surface area contributed by atoms with Crippen LogP contribution in [0, 0.1) is 17.7 Å². The molecule has 0 aliphatic heterocycles. The van der Waals surface area contributed by atoms with Crippen molar-refractivity contribution in [3.8, 4) is 0 Å². The van der Waals surface area contributed by atoms with Gasteiger partial charge in [0, 0.05) is 11.1 Å². The maximum absolute atomic E-state index is 7.48. The molecule has 3 aromatic rings. The third-order valence-electron chi connectivity index (χ3n) is 5.13. The minimum atomic E-state index is 0. The first-order chi connectivity index (χ1) is 13.9. The normalized spacial score (nSPS) is 9.97. The van der Waals surface area contributed by atoms with Crippen molar-refractivity contribution in [2.75, 3.05) is 0 Å². The fraction of sp³-hybridized carbons (Fsp3) is 0.200. The Morgan fingerprint density at radius 2 is 0.903 bits per heavy atom. The predicted octanol–water partition coefficient (Wildman–Crippen LogP) is 4.98. The standard InChI is InChI=1S/C25H28N4.2ClH/c1-17-14-20(4-2-18-6-10-22(11-7-18)24(26)27)16-21(15-17)5-3-19-8-12-23(13-9-19)25(28)29;;/h6-16H,2-5H2,1H3,(H3,26,27)(H3,28,29);2*1H. The number of amidine groups is 2. The van der Waals surface area contributed by atoms with Crippen LogP contribution < -0.4 is 11.5 Å². The summed E-state index contributed by atoms with van der Waals surface area (Å²) in [7, 11) is 0. The van der Waals surface area contributed by atoms with Crippen molar-refractivity contribution in [2.45, 2.75) is 32.6 Å². The minimum absolute atomic E-state index is 0. The number of aryl methyl sites for hydroxylation is 5. The van der Waals surface area contributed by atoms with Gasteiger partial charge in [0.1, 0.15) is 11.7 Å². The summed E-state index contributed by atoms with van der Waals surface area (Å²) in [5, 5.41) is 15.0. The summed E-state index contributed by atoms with van der Waals surface area (Å²) in [5.41, 5.74) is 19.1. The molecule has 0 saturated heterocycles. The van der Waals surface area contributed by atoms with E-state index in [2.05, 4.69) is 49.4 Å². The molecule has 3 aromatic carbocycles. The van der Waals surface area contributed by atoms with Crippen molar-refractivity contribution in [3.63, 3.8) is 0 Å². The highest BCUT2D eigenvalue weighted by molar-refractivity contribution is 5.95. The Labute approximate surface area is 196 Å². The fourth-order valence-electron chi connectivity index (χ4n) is 3.52. The Balaban J connectivity index is 0.00000240. The van der Waals surface area contributed by atoms with Gasteiger partial charge >= 0.3 is 0 Å². The zero-order valence-electron chi connectivity index (χ0n) is 17.7. The Bertz CT molecular complexity index is 933. The van der Waals surface area contributed by atoms with Gasteiger partial charge in [-0.25, -0.2) is 0 Å². The molecule has 0 heterocycles. The van der Waals surface area contributed by atoms with E-state index in [0.717, 1.165) is 36.8 Å². The lowest BCUT2D eigenvalue weighted by atomic mass is 9.96. The summed E-state index contributed by atoms with van der Waals surface area (Å²) in [6.45, 7) is 2.15. The molecule has 0 aromatic heterocycles. The maximum Gasteiger partial charge on any atom is 0.122 e. The first-order valence-electron chi connectivity index (χ1n) is 9.87. The molecular formula is C25H30Cl2N4. The Hall–Kier alpha value is -2.82. The third kappa shape index (κ3) is 7.74. The molecule has 0 fully saturated rings. The smallest absolute Gasteiger partial charge is 0.122 e. The molecule has 6 N–H and O–H groups in total. The number of nitrogens with two attached hydrogens (primary N) is 2. The third-order valence-corrected chi connectivity index (χ3v) is 5.13. The highest BCUT2D eigenvalue weighted by Gasteiger charge is 2.03. The van der Waals surface area contributed by atoms with E-state index in [9.17, 15) is 0 Å². The van der Waals surface area contributed by atoms with Crippen LogP contribution in [0.4, 0.5) is 0 Å². The summed E-state index contributed by atoms with van der Waals surface area (Å²) in [4.78, 5) is 0. The number of halogens is 2. The molecule has 0 amide bonds. The van der Waals surface area contributed by atoms with Gasteiger partial charge in [-0.2, -0.15) is 0 Å². The lowest BCUT2D eigenvalue weighted by molar-refractivity contribution is 0.927. The molecule has 4 nitrogen and oxygen atoms in total. The van der Waals surface area contributed by atoms with E-state index in [-0.39, 0.29) is 36.5 Å². The van der Waals surface area contributed by atoms with Crippen LogP contribution in [-0.4, -0.2) is 11.7 Å². The Morgan fingerprint density at radius 1 is 0.581 bits per heavy atom. The summed E-state index contributed by atoms with van der Waals surface area (Å²) in [5.74, 6) is 0.214. The molecule has 0 atom stereocenters. The molecular weight excluding hydrogens is 427 g/mol. The lowest BCUT2D eigenvalue weighted by Crippen LogP contribution is -2.10. The van der Waals surface area contributed by atoms with Crippen molar-refractivity contribution >= 4 is 36.5 Å². The molecule has 3 rings (SSSR count). The van der Waals surface area contributed by atoms with Crippen LogP contribution in [0.5, 0.6) is 0 Å². The van der Waals surface area contributed by atoms with Crippen LogP contribution in [0.25, 0.3) is 0 Å². The number of rotatable bonds is 8. The van der Waals surface area contributed by atoms with E-state index in [0.29, 0.717) is 0 Å². The average Bonchev–Trinajstić information content (AvgIpc) is 2.71. The van der Waals surface area contributed by atoms with Gasteiger partial charge in [0.15, 0.2) is 0 Å². The maximum atomic E-state index is 7.48. The molecule has 0 spiro atoms. The average molecular weight is 457 g/mol. The van der Waals surface area contributed by atoms with Crippen molar-refractivity contribution < 1.29 is 0 Å². The predicted molar refractivity (Wildman–Crippen MR) is 135 cm³/mol. The van der Waals surface area contributed by atoms with Gasteiger partial charge in [0.2, 0.25) is 0 Å². The second-order valence-corrected chi connectivity index (χ2v) is 7.55. The second-order valence-electron chi connectivity index (χ2n) is 7.55. The van der Waals surface area contributed by atoms with Crippen molar-refractivity contribution in [1.82, 2.24) is 0 Å². The van der Waals surface area contributed by atoms with Crippen molar-refractivity contribution in [1.29, 1.82) is 10.8 Å². The van der Waals surface area contributed by atoms with Crippen molar-refractivity contribution in [2.24, 2.45) is 11.5 Å². The van der Waals surface area contributed by atoms with Gasteiger partial charge < -0.3 is 11.5 Å². The summed E-state index contributed by atoms with van der Waals surface area (Å²) >= 11 is 0. The minimum Gasteiger partial charge on any atom is -0.384 e. The summed E-state index contributed by atoms with van der Waals surface area (Å²) in [6.07, 6.45) is 3.91. The molecule has 0 radical (unpaired) electrons. The SMILES string of the molecule is Cc1cc(CCc2ccc(C(=N)N)cc2)cc(CCc2ccc(C(=N)N)cc2)c1.Cl.Cl. The van der Waals surface area contributed by atoms with Crippen LogP contribution in [-0.2, 0) is 25.7 Å². The monoisotopic (exact) mass is 456 g/mol. The summed E-state index contributed by atoms with van der Waals surface area (Å²) < 4.78 is 0. The molecule has 31 heavy (non-hydrogen) atoms. The number of nitrogen functional groups attached to an aromatic ring is 2. The van der Waals surface area contributed by atoms with Gasteiger partial charge in [-0.3, -0.25) is 10.8 Å². The fourth-order valence-corrected chi connectivity index (χ4v) is 3.52.